The maximum atomic E-state index is 7.50. The van der Waals surface area contributed by atoms with E-state index in [1.54, 1.807) is 36.4 Å². The topological polar surface area (TPSA) is 59.1 Å². The number of halogens is 3. The SMILES string of the molecule is N=C(N)c1ccc(Cl)cc1Oc1cc(Cl)cc(Cl)c1. The van der Waals surface area contributed by atoms with Crippen LogP contribution in [0.15, 0.2) is 36.4 Å². The first-order chi connectivity index (χ1) is 8.95. The molecule has 0 saturated carbocycles. The van der Waals surface area contributed by atoms with Crippen molar-refractivity contribution < 1.29 is 4.74 Å². The molecule has 2 rings (SSSR count). The molecule has 0 heterocycles. The maximum absolute atomic E-state index is 7.50. The molecule has 6 heteroatoms. The minimum Gasteiger partial charge on any atom is -0.456 e. The molecule has 0 saturated heterocycles. The second kappa shape index (κ2) is 5.70. The number of nitrogens with two attached hydrogens (primary N) is 1. The second-order valence-corrected chi connectivity index (χ2v) is 5.07. The Kier molecular flexibility index (Phi) is 4.20. The number of benzene rings is 2. The number of nitrogens with one attached hydrogen (secondary N) is 1. The Bertz CT molecular complexity index is 624. The highest BCUT2D eigenvalue weighted by molar-refractivity contribution is 6.34. The Morgan fingerprint density at radius 3 is 2.16 bits per heavy atom. The fourth-order valence-corrected chi connectivity index (χ4v) is 2.19. The number of ether oxygens (including phenoxy) is 1. The van der Waals surface area contributed by atoms with Gasteiger partial charge in [0.2, 0.25) is 0 Å². The predicted octanol–water partition coefficient (Wildman–Crippen LogP) is 4.72. The third kappa shape index (κ3) is 3.53. The summed E-state index contributed by atoms with van der Waals surface area (Å²) in [4.78, 5) is 0. The standard InChI is InChI=1S/C13H9Cl3N2O/c14-7-1-2-11(13(17)18)12(6-7)19-10-4-8(15)3-9(16)5-10/h1-6H,(H3,17,18). The van der Waals surface area contributed by atoms with Crippen molar-refractivity contribution in [1.82, 2.24) is 0 Å². The lowest BCUT2D eigenvalue weighted by molar-refractivity contribution is 0.481. The maximum Gasteiger partial charge on any atom is 0.139 e. The number of hydrogen-bond acceptors (Lipinski definition) is 2. The molecule has 0 bridgehead atoms. The van der Waals surface area contributed by atoms with Crippen molar-refractivity contribution in [3.05, 3.63) is 57.0 Å². The first-order valence-corrected chi connectivity index (χ1v) is 6.37. The highest BCUT2D eigenvalue weighted by Crippen LogP contribution is 2.31. The van der Waals surface area contributed by atoms with Crippen LogP contribution in [0.5, 0.6) is 11.5 Å². The second-order valence-electron chi connectivity index (χ2n) is 3.76. The van der Waals surface area contributed by atoms with E-state index in [1.165, 1.54) is 0 Å². The Morgan fingerprint density at radius 2 is 1.58 bits per heavy atom. The van der Waals surface area contributed by atoms with Gasteiger partial charge in [-0.15, -0.1) is 0 Å². The predicted molar refractivity (Wildman–Crippen MR) is 79.0 cm³/mol. The first kappa shape index (κ1) is 14.0. The molecule has 0 atom stereocenters. The van der Waals surface area contributed by atoms with Crippen molar-refractivity contribution in [3.63, 3.8) is 0 Å². The fourth-order valence-electron chi connectivity index (χ4n) is 1.52. The minimum absolute atomic E-state index is 0.111. The van der Waals surface area contributed by atoms with Gasteiger partial charge in [-0.05, 0) is 30.3 Å². The van der Waals surface area contributed by atoms with Crippen LogP contribution in [0.1, 0.15) is 5.56 Å². The quantitative estimate of drug-likeness (QED) is 0.636. The van der Waals surface area contributed by atoms with E-state index in [1.807, 2.05) is 0 Å². The van der Waals surface area contributed by atoms with Crippen LogP contribution in [0.2, 0.25) is 15.1 Å². The minimum atomic E-state index is -0.111. The van der Waals surface area contributed by atoms with E-state index < -0.39 is 0 Å². The Balaban J connectivity index is 2.42. The van der Waals surface area contributed by atoms with E-state index in [4.69, 9.17) is 50.7 Å². The molecule has 3 nitrogen and oxygen atoms in total. The summed E-state index contributed by atoms with van der Waals surface area (Å²) in [5.41, 5.74) is 5.93. The summed E-state index contributed by atoms with van der Waals surface area (Å²) in [6.07, 6.45) is 0. The first-order valence-electron chi connectivity index (χ1n) is 5.23. The third-order valence-electron chi connectivity index (χ3n) is 2.30. The molecule has 0 radical (unpaired) electrons. The lowest BCUT2D eigenvalue weighted by atomic mass is 10.2. The van der Waals surface area contributed by atoms with Crippen molar-refractivity contribution in [3.8, 4) is 11.5 Å². The van der Waals surface area contributed by atoms with Crippen LogP contribution in [-0.4, -0.2) is 5.84 Å². The van der Waals surface area contributed by atoms with Gasteiger partial charge in [0.1, 0.15) is 17.3 Å². The van der Waals surface area contributed by atoms with E-state index in [0.717, 1.165) is 0 Å². The van der Waals surface area contributed by atoms with Crippen molar-refractivity contribution in [2.24, 2.45) is 5.73 Å². The van der Waals surface area contributed by atoms with Crippen molar-refractivity contribution in [2.75, 3.05) is 0 Å². The summed E-state index contributed by atoms with van der Waals surface area (Å²) in [5.74, 6) is 0.709. The van der Waals surface area contributed by atoms with Gasteiger partial charge in [0.05, 0.1) is 5.56 Å². The molecule has 0 unspecified atom stereocenters. The van der Waals surface area contributed by atoms with Crippen molar-refractivity contribution in [2.45, 2.75) is 0 Å². The molecular weight excluding hydrogens is 307 g/mol. The molecule has 0 aliphatic carbocycles. The normalized spacial score (nSPS) is 10.3. The van der Waals surface area contributed by atoms with E-state index >= 15 is 0 Å². The zero-order valence-corrected chi connectivity index (χ0v) is 11.9. The molecule has 98 valence electrons. The van der Waals surface area contributed by atoms with Gasteiger partial charge in [-0.25, -0.2) is 0 Å². The highest BCUT2D eigenvalue weighted by atomic mass is 35.5. The van der Waals surface area contributed by atoms with E-state index in [2.05, 4.69) is 0 Å². The van der Waals surface area contributed by atoms with Gasteiger partial charge in [0, 0.05) is 21.1 Å². The van der Waals surface area contributed by atoms with E-state index in [-0.39, 0.29) is 5.84 Å². The smallest absolute Gasteiger partial charge is 0.139 e. The molecule has 2 aromatic carbocycles. The summed E-state index contributed by atoms with van der Waals surface area (Å²) in [6, 6.07) is 9.64. The number of rotatable bonds is 3. The molecule has 0 aromatic heterocycles. The molecule has 0 fully saturated rings. The fraction of sp³-hybridized carbons (Fsp3) is 0. The molecular formula is C13H9Cl3N2O. The van der Waals surface area contributed by atoms with Gasteiger partial charge in [-0.2, -0.15) is 0 Å². The molecule has 0 aliphatic rings. The molecule has 0 amide bonds. The number of hydrogen-bond donors (Lipinski definition) is 2. The average Bonchev–Trinajstić information content (AvgIpc) is 2.26. The van der Waals surface area contributed by atoms with Crippen LogP contribution >= 0.6 is 34.8 Å². The van der Waals surface area contributed by atoms with Crippen LogP contribution in [0.25, 0.3) is 0 Å². The zero-order valence-electron chi connectivity index (χ0n) is 9.58. The average molecular weight is 316 g/mol. The molecule has 3 N–H and O–H groups in total. The third-order valence-corrected chi connectivity index (χ3v) is 2.97. The summed E-state index contributed by atoms with van der Waals surface area (Å²) in [7, 11) is 0. The zero-order chi connectivity index (χ0) is 14.0. The Morgan fingerprint density at radius 1 is 0.947 bits per heavy atom. The molecule has 2 aromatic rings. The van der Waals surface area contributed by atoms with Gasteiger partial charge in [-0.1, -0.05) is 34.8 Å². The summed E-state index contributed by atoms with van der Waals surface area (Å²) in [6.45, 7) is 0. The van der Waals surface area contributed by atoms with Crippen LogP contribution in [0.3, 0.4) is 0 Å². The van der Waals surface area contributed by atoms with Crippen LogP contribution in [-0.2, 0) is 0 Å². The van der Waals surface area contributed by atoms with E-state index in [0.29, 0.717) is 32.1 Å². The summed E-state index contributed by atoms with van der Waals surface area (Å²) < 4.78 is 5.64. The van der Waals surface area contributed by atoms with Gasteiger partial charge in [-0.3, -0.25) is 5.41 Å². The van der Waals surface area contributed by atoms with Crippen LogP contribution in [0.4, 0.5) is 0 Å². The molecule has 0 spiro atoms. The van der Waals surface area contributed by atoms with Gasteiger partial charge < -0.3 is 10.5 Å². The summed E-state index contributed by atoms with van der Waals surface area (Å²) >= 11 is 17.7. The van der Waals surface area contributed by atoms with Crippen LogP contribution < -0.4 is 10.5 Å². The Hall–Kier alpha value is -1.42. The van der Waals surface area contributed by atoms with E-state index in [9.17, 15) is 0 Å². The lowest BCUT2D eigenvalue weighted by Crippen LogP contribution is -2.12. The molecule has 19 heavy (non-hydrogen) atoms. The summed E-state index contributed by atoms with van der Waals surface area (Å²) in [5, 5.41) is 8.88. The Labute approximate surface area is 125 Å². The van der Waals surface area contributed by atoms with Crippen LogP contribution in [0, 0.1) is 5.41 Å². The van der Waals surface area contributed by atoms with Crippen molar-refractivity contribution in [1.29, 1.82) is 5.41 Å². The number of amidine groups is 1. The highest BCUT2D eigenvalue weighted by Gasteiger charge is 2.09. The molecule has 0 aliphatic heterocycles. The van der Waals surface area contributed by atoms with Gasteiger partial charge >= 0.3 is 0 Å². The van der Waals surface area contributed by atoms with Crippen molar-refractivity contribution >= 4 is 40.6 Å². The number of nitrogen functional groups attached to an aromatic ring is 1. The van der Waals surface area contributed by atoms with Gasteiger partial charge in [0.15, 0.2) is 0 Å². The lowest BCUT2D eigenvalue weighted by Gasteiger charge is -2.11. The van der Waals surface area contributed by atoms with Gasteiger partial charge in [0.25, 0.3) is 0 Å². The largest absolute Gasteiger partial charge is 0.456 e. The monoisotopic (exact) mass is 314 g/mol.